The lowest BCUT2D eigenvalue weighted by atomic mass is 9.66. The minimum atomic E-state index is -0.614. The average molecular weight is 904 g/mol. The SMILES string of the molecule is c1ccc(-c2ccccc2-c2ccccc2-c2ccccc2N(c2ccc(-c3ccc4c(ccc5ccccc54)c3)cc2)c2cccc3c2-c2ccccc2C32c3ccccc3Oc3ccccc32)cc1. The van der Waals surface area contributed by atoms with E-state index in [1.165, 1.54) is 71.6 Å². The summed E-state index contributed by atoms with van der Waals surface area (Å²) in [4.78, 5) is 2.51. The molecule has 71 heavy (non-hydrogen) atoms. The molecule has 1 spiro atoms. The summed E-state index contributed by atoms with van der Waals surface area (Å²) in [5.41, 5.74) is 19.2. The van der Waals surface area contributed by atoms with Crippen molar-refractivity contribution in [2.75, 3.05) is 4.90 Å². The van der Waals surface area contributed by atoms with E-state index in [2.05, 4.69) is 278 Å². The Hall–Kier alpha value is -9.24. The molecule has 1 heterocycles. The second kappa shape index (κ2) is 16.5. The Balaban J connectivity index is 1.00. The van der Waals surface area contributed by atoms with Crippen molar-refractivity contribution >= 4 is 38.6 Å². The third-order valence-electron chi connectivity index (χ3n) is 15.0. The number of benzene rings is 12. The summed E-state index contributed by atoms with van der Waals surface area (Å²) in [6.07, 6.45) is 0. The zero-order chi connectivity index (χ0) is 46.9. The van der Waals surface area contributed by atoms with E-state index in [4.69, 9.17) is 4.74 Å². The van der Waals surface area contributed by atoms with Crippen molar-refractivity contribution in [3.05, 3.63) is 295 Å². The quantitative estimate of drug-likeness (QED) is 0.148. The van der Waals surface area contributed by atoms with E-state index in [-0.39, 0.29) is 0 Å². The topological polar surface area (TPSA) is 12.5 Å². The summed E-state index contributed by atoms with van der Waals surface area (Å²) in [7, 11) is 0. The van der Waals surface area contributed by atoms with Gasteiger partial charge in [-0.25, -0.2) is 0 Å². The highest BCUT2D eigenvalue weighted by Gasteiger charge is 2.52. The molecule has 0 bridgehead atoms. The van der Waals surface area contributed by atoms with E-state index >= 15 is 0 Å². The number of hydrogen-bond donors (Lipinski definition) is 0. The van der Waals surface area contributed by atoms with Crippen molar-refractivity contribution in [2.24, 2.45) is 0 Å². The molecule has 2 heteroatoms. The van der Waals surface area contributed by atoms with Gasteiger partial charge in [0.05, 0.1) is 16.8 Å². The Bertz CT molecular complexity index is 3990. The maximum absolute atomic E-state index is 6.74. The molecule has 0 saturated heterocycles. The maximum atomic E-state index is 6.74. The molecule has 0 amide bonds. The summed E-state index contributed by atoms with van der Waals surface area (Å²) in [5, 5.41) is 5.03. The van der Waals surface area contributed by atoms with Gasteiger partial charge in [0.2, 0.25) is 0 Å². The van der Waals surface area contributed by atoms with Crippen LogP contribution in [0.5, 0.6) is 11.5 Å². The zero-order valence-corrected chi connectivity index (χ0v) is 38.8. The number of ether oxygens (including phenoxy) is 1. The molecule has 12 aromatic carbocycles. The molecule has 2 nitrogen and oxygen atoms in total. The molecular formula is C69H45NO. The van der Waals surface area contributed by atoms with Crippen LogP contribution >= 0.6 is 0 Å². The first-order valence-corrected chi connectivity index (χ1v) is 24.5. The van der Waals surface area contributed by atoms with Crippen molar-refractivity contribution < 1.29 is 4.74 Å². The highest BCUT2D eigenvalue weighted by Crippen LogP contribution is 2.64. The fourth-order valence-corrected chi connectivity index (χ4v) is 11.9. The van der Waals surface area contributed by atoms with Crippen LogP contribution < -0.4 is 9.64 Å². The third-order valence-corrected chi connectivity index (χ3v) is 15.0. The first-order valence-electron chi connectivity index (χ1n) is 24.5. The molecule has 0 radical (unpaired) electrons. The van der Waals surface area contributed by atoms with Crippen LogP contribution in [-0.2, 0) is 5.41 Å². The van der Waals surface area contributed by atoms with Gasteiger partial charge in [0.1, 0.15) is 11.5 Å². The lowest BCUT2D eigenvalue weighted by Gasteiger charge is -2.39. The van der Waals surface area contributed by atoms with E-state index in [9.17, 15) is 0 Å². The van der Waals surface area contributed by atoms with E-state index < -0.39 is 5.41 Å². The predicted molar refractivity (Wildman–Crippen MR) is 295 cm³/mol. The molecule has 0 fully saturated rings. The maximum Gasteiger partial charge on any atom is 0.132 e. The van der Waals surface area contributed by atoms with E-state index in [0.717, 1.165) is 56.4 Å². The first kappa shape index (κ1) is 40.8. The number of anilines is 3. The van der Waals surface area contributed by atoms with E-state index in [1.54, 1.807) is 0 Å². The van der Waals surface area contributed by atoms with Crippen LogP contribution in [0.4, 0.5) is 17.1 Å². The van der Waals surface area contributed by atoms with Crippen molar-refractivity contribution in [1.82, 2.24) is 0 Å². The van der Waals surface area contributed by atoms with Crippen LogP contribution in [0.15, 0.2) is 273 Å². The second-order valence-corrected chi connectivity index (χ2v) is 18.7. The summed E-state index contributed by atoms with van der Waals surface area (Å²) < 4.78 is 6.74. The molecule has 0 atom stereocenters. The molecule has 0 saturated carbocycles. The fraction of sp³-hybridized carbons (Fsp3) is 0.0145. The number of nitrogens with zero attached hydrogens (tertiary/aromatic N) is 1. The summed E-state index contributed by atoms with van der Waals surface area (Å²) in [6.45, 7) is 0. The van der Waals surface area contributed by atoms with E-state index in [1.807, 2.05) is 0 Å². The van der Waals surface area contributed by atoms with Gasteiger partial charge in [-0.05, 0) is 120 Å². The first-order chi connectivity index (χ1) is 35.2. The Morgan fingerprint density at radius 3 is 1.54 bits per heavy atom. The molecule has 14 rings (SSSR count). The second-order valence-electron chi connectivity index (χ2n) is 18.7. The predicted octanol–water partition coefficient (Wildman–Crippen LogP) is 18.6. The molecule has 1 aliphatic carbocycles. The number of hydrogen-bond acceptors (Lipinski definition) is 2. The largest absolute Gasteiger partial charge is 0.457 e. The van der Waals surface area contributed by atoms with Crippen molar-refractivity contribution in [3.63, 3.8) is 0 Å². The highest BCUT2D eigenvalue weighted by molar-refractivity contribution is 6.09. The monoisotopic (exact) mass is 903 g/mol. The Labute approximate surface area is 414 Å². The minimum Gasteiger partial charge on any atom is -0.457 e. The number of rotatable bonds is 7. The van der Waals surface area contributed by atoms with Crippen LogP contribution in [0.1, 0.15) is 22.3 Å². The van der Waals surface area contributed by atoms with Crippen LogP contribution in [0.2, 0.25) is 0 Å². The highest BCUT2D eigenvalue weighted by atomic mass is 16.5. The molecule has 2 aliphatic rings. The number of fused-ring (bicyclic) bond motifs is 12. The van der Waals surface area contributed by atoms with Crippen LogP contribution in [-0.4, -0.2) is 0 Å². The molecule has 12 aromatic rings. The van der Waals surface area contributed by atoms with E-state index in [0.29, 0.717) is 0 Å². The van der Waals surface area contributed by atoms with Crippen molar-refractivity contribution in [2.45, 2.75) is 5.41 Å². The third kappa shape index (κ3) is 6.35. The van der Waals surface area contributed by atoms with Crippen molar-refractivity contribution in [1.29, 1.82) is 0 Å². The van der Waals surface area contributed by atoms with Gasteiger partial charge < -0.3 is 9.64 Å². The normalized spacial score (nSPS) is 12.7. The van der Waals surface area contributed by atoms with Gasteiger partial charge in [0.25, 0.3) is 0 Å². The minimum absolute atomic E-state index is 0.614. The van der Waals surface area contributed by atoms with Gasteiger partial charge in [0, 0.05) is 27.9 Å². The van der Waals surface area contributed by atoms with Crippen LogP contribution in [0.3, 0.4) is 0 Å². The van der Waals surface area contributed by atoms with Gasteiger partial charge in [0.15, 0.2) is 0 Å². The summed E-state index contributed by atoms with van der Waals surface area (Å²) in [6, 6.07) is 99.8. The molecular weight excluding hydrogens is 859 g/mol. The summed E-state index contributed by atoms with van der Waals surface area (Å²) in [5.74, 6) is 1.76. The molecule has 0 N–H and O–H groups in total. The van der Waals surface area contributed by atoms with Crippen LogP contribution in [0, 0.1) is 0 Å². The van der Waals surface area contributed by atoms with Gasteiger partial charge in [-0.1, -0.05) is 231 Å². The summed E-state index contributed by atoms with van der Waals surface area (Å²) >= 11 is 0. The Morgan fingerprint density at radius 2 is 0.789 bits per heavy atom. The fourth-order valence-electron chi connectivity index (χ4n) is 11.9. The van der Waals surface area contributed by atoms with Gasteiger partial charge in [-0.2, -0.15) is 0 Å². The van der Waals surface area contributed by atoms with Crippen LogP contribution in [0.25, 0.3) is 77.2 Å². The Morgan fingerprint density at radius 1 is 0.282 bits per heavy atom. The molecule has 1 aliphatic heterocycles. The van der Waals surface area contributed by atoms with Gasteiger partial charge in [-0.15, -0.1) is 0 Å². The zero-order valence-electron chi connectivity index (χ0n) is 38.8. The molecule has 332 valence electrons. The smallest absolute Gasteiger partial charge is 0.132 e. The standard InChI is InChI=1S/C69H45NO/c1-2-19-47(20-3-1)53-23-6-7-24-55(53)56-25-8-9-26-57(56)58-27-11-15-33-64(58)70(51-42-39-46(40-43-51)49-41-44-54-50(45-49)38-37-48-21-4-5-22-52(48)54)65-34-18-32-63-68(65)59-28-10-12-29-60(59)69(63)61-30-13-16-35-66(61)71-67-36-17-14-31-62(67)69/h1-45H. The number of para-hydroxylation sites is 3. The lowest BCUT2D eigenvalue weighted by Crippen LogP contribution is -2.32. The van der Waals surface area contributed by atoms with Crippen molar-refractivity contribution in [3.8, 4) is 67.1 Å². The molecule has 0 aromatic heterocycles. The lowest BCUT2D eigenvalue weighted by molar-refractivity contribution is 0.436. The average Bonchev–Trinajstić information content (AvgIpc) is 3.75. The van der Waals surface area contributed by atoms with Gasteiger partial charge >= 0.3 is 0 Å². The molecule has 0 unspecified atom stereocenters. The Kier molecular flexibility index (Phi) is 9.47. The van der Waals surface area contributed by atoms with Gasteiger partial charge in [-0.3, -0.25) is 0 Å².